The van der Waals surface area contributed by atoms with Crippen LogP contribution in [0.2, 0.25) is 0 Å². The fourth-order valence-electron chi connectivity index (χ4n) is 4.32. The second kappa shape index (κ2) is 11.5. The van der Waals surface area contributed by atoms with Crippen LogP contribution in [0.1, 0.15) is 42.9 Å². The van der Waals surface area contributed by atoms with Gasteiger partial charge in [0.25, 0.3) is 0 Å². The number of carboxylic acid groups (broad SMARTS) is 2. The Hall–Kier alpha value is -2.92. The van der Waals surface area contributed by atoms with Crippen LogP contribution < -0.4 is 5.32 Å². The van der Waals surface area contributed by atoms with Gasteiger partial charge in [0.15, 0.2) is 0 Å². The maximum absolute atomic E-state index is 10.9. The predicted octanol–water partition coefficient (Wildman–Crippen LogP) is 3.47. The van der Waals surface area contributed by atoms with E-state index in [9.17, 15) is 18.0 Å². The van der Waals surface area contributed by atoms with Gasteiger partial charge in [-0.2, -0.15) is 18.3 Å². The fraction of sp³-hybridized carbons (Fsp3) is 0.522. The SMILES string of the molecule is O=C(O)C(F)(F)F.O=C(O)CN1CCC(c2[nH]nc3cc(C=CC4CCNCC4)ccc23)CC1. The summed E-state index contributed by atoms with van der Waals surface area (Å²) < 4.78 is 31.7. The summed E-state index contributed by atoms with van der Waals surface area (Å²) in [6, 6.07) is 6.52. The molecular weight excluding hydrogens is 453 g/mol. The minimum atomic E-state index is -5.08. The normalized spacial score (nSPS) is 18.7. The Bertz CT molecular complexity index is 1010. The molecule has 34 heavy (non-hydrogen) atoms. The number of aliphatic carboxylic acids is 2. The molecule has 0 saturated carbocycles. The topological polar surface area (TPSA) is 119 Å². The first-order valence-electron chi connectivity index (χ1n) is 11.2. The van der Waals surface area contributed by atoms with E-state index in [-0.39, 0.29) is 6.54 Å². The van der Waals surface area contributed by atoms with Crippen molar-refractivity contribution in [1.82, 2.24) is 20.4 Å². The molecule has 11 heteroatoms. The van der Waals surface area contributed by atoms with Crippen molar-refractivity contribution in [1.29, 1.82) is 0 Å². The maximum atomic E-state index is 10.9. The van der Waals surface area contributed by atoms with Crippen molar-refractivity contribution in [3.05, 3.63) is 35.5 Å². The number of nitrogens with zero attached hydrogens (tertiary/aromatic N) is 2. The number of likely N-dealkylation sites (tertiary alicyclic amines) is 1. The molecule has 186 valence electrons. The molecule has 1 aromatic carbocycles. The van der Waals surface area contributed by atoms with Gasteiger partial charge in [-0.1, -0.05) is 24.3 Å². The van der Waals surface area contributed by atoms with Gasteiger partial charge < -0.3 is 15.5 Å². The molecule has 2 aromatic rings. The Labute approximate surface area is 194 Å². The number of allylic oxidation sites excluding steroid dienone is 1. The summed E-state index contributed by atoms with van der Waals surface area (Å²) in [4.78, 5) is 21.8. The van der Waals surface area contributed by atoms with Crippen molar-refractivity contribution in [3.8, 4) is 0 Å². The number of carbonyl (C=O) groups is 2. The Morgan fingerprint density at radius 3 is 2.35 bits per heavy atom. The average molecular weight is 483 g/mol. The van der Waals surface area contributed by atoms with Crippen LogP contribution in [0.15, 0.2) is 24.3 Å². The number of rotatable bonds is 5. The molecule has 1 aromatic heterocycles. The van der Waals surface area contributed by atoms with Crippen molar-refractivity contribution >= 4 is 28.9 Å². The number of hydrogen-bond donors (Lipinski definition) is 4. The summed E-state index contributed by atoms with van der Waals surface area (Å²) in [6.07, 6.45) is 3.86. The van der Waals surface area contributed by atoms with Gasteiger partial charge in [0, 0.05) is 17.0 Å². The van der Waals surface area contributed by atoms with E-state index in [1.54, 1.807) is 0 Å². The van der Waals surface area contributed by atoms with Gasteiger partial charge in [0.2, 0.25) is 0 Å². The molecule has 4 rings (SSSR count). The van der Waals surface area contributed by atoms with E-state index in [2.05, 4.69) is 45.9 Å². The zero-order valence-electron chi connectivity index (χ0n) is 18.6. The fourth-order valence-corrected chi connectivity index (χ4v) is 4.32. The van der Waals surface area contributed by atoms with E-state index >= 15 is 0 Å². The molecule has 2 aliphatic heterocycles. The zero-order valence-corrected chi connectivity index (χ0v) is 18.6. The summed E-state index contributed by atoms with van der Waals surface area (Å²) in [7, 11) is 0. The lowest BCUT2D eigenvalue weighted by Crippen LogP contribution is -2.36. The van der Waals surface area contributed by atoms with Crippen LogP contribution in [0.5, 0.6) is 0 Å². The van der Waals surface area contributed by atoms with Gasteiger partial charge in [0.1, 0.15) is 0 Å². The lowest BCUT2D eigenvalue weighted by molar-refractivity contribution is -0.192. The highest BCUT2D eigenvalue weighted by molar-refractivity contribution is 5.84. The number of fused-ring (bicyclic) bond motifs is 1. The summed E-state index contributed by atoms with van der Waals surface area (Å²) in [5.41, 5.74) is 3.43. The lowest BCUT2D eigenvalue weighted by Gasteiger charge is -2.30. The second-order valence-corrected chi connectivity index (χ2v) is 8.61. The van der Waals surface area contributed by atoms with E-state index < -0.39 is 18.1 Å². The quantitative estimate of drug-likeness (QED) is 0.515. The number of H-pyrrole nitrogens is 1. The molecule has 2 fully saturated rings. The predicted molar refractivity (Wildman–Crippen MR) is 120 cm³/mol. The molecule has 8 nitrogen and oxygen atoms in total. The van der Waals surface area contributed by atoms with Crippen LogP contribution in [-0.4, -0.2) is 76.1 Å². The molecule has 0 amide bonds. The van der Waals surface area contributed by atoms with E-state index in [1.165, 1.54) is 29.5 Å². The number of piperidine rings is 2. The van der Waals surface area contributed by atoms with Gasteiger partial charge >= 0.3 is 18.1 Å². The third-order valence-corrected chi connectivity index (χ3v) is 6.15. The molecule has 4 N–H and O–H groups in total. The van der Waals surface area contributed by atoms with Gasteiger partial charge in [0.05, 0.1) is 12.1 Å². The smallest absolute Gasteiger partial charge is 0.480 e. The monoisotopic (exact) mass is 482 g/mol. The summed E-state index contributed by atoms with van der Waals surface area (Å²) in [6.45, 7) is 4.02. The van der Waals surface area contributed by atoms with Crippen molar-refractivity contribution < 1.29 is 33.0 Å². The van der Waals surface area contributed by atoms with E-state index in [4.69, 9.17) is 15.0 Å². The van der Waals surface area contributed by atoms with Crippen LogP contribution >= 0.6 is 0 Å². The first-order valence-corrected chi connectivity index (χ1v) is 11.2. The van der Waals surface area contributed by atoms with Gasteiger partial charge in [-0.3, -0.25) is 14.8 Å². The van der Waals surface area contributed by atoms with Crippen molar-refractivity contribution in [3.63, 3.8) is 0 Å². The Kier molecular flexibility index (Phi) is 8.67. The Morgan fingerprint density at radius 2 is 1.76 bits per heavy atom. The van der Waals surface area contributed by atoms with Crippen LogP contribution in [-0.2, 0) is 9.59 Å². The number of aromatic nitrogens is 2. The summed E-state index contributed by atoms with van der Waals surface area (Å²) in [5.74, 6) is -2.40. The van der Waals surface area contributed by atoms with Crippen molar-refractivity contribution in [2.75, 3.05) is 32.7 Å². The molecule has 2 aliphatic rings. The number of carboxylic acids is 2. The number of nitrogens with one attached hydrogen (secondary N) is 2. The summed E-state index contributed by atoms with van der Waals surface area (Å²) >= 11 is 0. The highest BCUT2D eigenvalue weighted by Gasteiger charge is 2.38. The standard InChI is InChI=1S/C21H28N4O2.C2HF3O2/c26-20(27)14-25-11-7-17(8-12-25)21-18-4-3-16(13-19(18)23-24-21)2-1-15-5-9-22-10-6-15;3-2(4,5)1(6)7/h1-4,13,15,17,22H,5-12,14H2,(H,23,24)(H,26,27);(H,6,7). The Morgan fingerprint density at radius 1 is 1.12 bits per heavy atom. The zero-order chi connectivity index (χ0) is 24.7. The molecular formula is C23H29F3N4O4. The Balaban J connectivity index is 0.000000406. The largest absolute Gasteiger partial charge is 0.490 e. The number of benzene rings is 1. The van der Waals surface area contributed by atoms with Crippen LogP contribution in [0.4, 0.5) is 13.2 Å². The maximum Gasteiger partial charge on any atom is 0.490 e. The first-order chi connectivity index (χ1) is 16.1. The molecule has 0 atom stereocenters. The summed E-state index contributed by atoms with van der Waals surface area (Å²) in [5, 5.41) is 28.5. The highest BCUT2D eigenvalue weighted by atomic mass is 19.4. The number of aromatic amines is 1. The van der Waals surface area contributed by atoms with Crippen LogP contribution in [0.25, 0.3) is 17.0 Å². The van der Waals surface area contributed by atoms with Crippen molar-refractivity contribution in [2.24, 2.45) is 5.92 Å². The molecule has 0 bridgehead atoms. The minimum Gasteiger partial charge on any atom is -0.480 e. The van der Waals surface area contributed by atoms with Gasteiger partial charge in [-0.05, 0) is 69.4 Å². The molecule has 0 radical (unpaired) electrons. The molecule has 0 spiro atoms. The number of alkyl halides is 3. The molecule has 0 unspecified atom stereocenters. The first kappa shape index (κ1) is 25.7. The van der Waals surface area contributed by atoms with Crippen molar-refractivity contribution in [2.45, 2.75) is 37.8 Å². The number of hydrogen-bond acceptors (Lipinski definition) is 5. The second-order valence-electron chi connectivity index (χ2n) is 8.61. The van der Waals surface area contributed by atoms with E-state index in [0.29, 0.717) is 11.8 Å². The van der Waals surface area contributed by atoms with E-state index in [0.717, 1.165) is 44.5 Å². The third kappa shape index (κ3) is 7.29. The van der Waals surface area contributed by atoms with E-state index in [1.807, 2.05) is 4.90 Å². The van der Waals surface area contributed by atoms with Gasteiger partial charge in [-0.15, -0.1) is 0 Å². The minimum absolute atomic E-state index is 0.142. The highest BCUT2D eigenvalue weighted by Crippen LogP contribution is 2.32. The molecule has 2 saturated heterocycles. The third-order valence-electron chi connectivity index (χ3n) is 6.15. The molecule has 0 aliphatic carbocycles. The lowest BCUT2D eigenvalue weighted by atomic mass is 9.91. The number of halogens is 3. The van der Waals surface area contributed by atoms with Gasteiger partial charge in [-0.25, -0.2) is 4.79 Å². The van der Waals surface area contributed by atoms with Crippen LogP contribution in [0.3, 0.4) is 0 Å². The average Bonchev–Trinajstić information content (AvgIpc) is 3.21. The van der Waals surface area contributed by atoms with Crippen LogP contribution in [0, 0.1) is 5.92 Å². The molecule has 3 heterocycles.